The summed E-state index contributed by atoms with van der Waals surface area (Å²) in [5.41, 5.74) is 5.86. The van der Waals surface area contributed by atoms with E-state index in [4.69, 9.17) is 9.26 Å². The van der Waals surface area contributed by atoms with Crippen LogP contribution in [0.4, 0.5) is 10.5 Å². The van der Waals surface area contributed by atoms with Gasteiger partial charge in [0.15, 0.2) is 5.76 Å². The summed E-state index contributed by atoms with van der Waals surface area (Å²) in [6.45, 7) is 2.15. The van der Waals surface area contributed by atoms with Gasteiger partial charge in [-0.25, -0.2) is 4.79 Å². The summed E-state index contributed by atoms with van der Waals surface area (Å²) in [6, 6.07) is 7.79. The lowest BCUT2D eigenvalue weighted by Crippen LogP contribution is -2.33. The van der Waals surface area contributed by atoms with E-state index in [1.807, 2.05) is 18.2 Å². The molecule has 3 heterocycles. The number of anilines is 1. The Bertz CT molecular complexity index is 1100. The smallest absolute Gasteiger partial charge is 0.414 e. The van der Waals surface area contributed by atoms with Gasteiger partial charge in [0.1, 0.15) is 11.8 Å². The summed E-state index contributed by atoms with van der Waals surface area (Å²) < 4.78 is 10.7. The van der Waals surface area contributed by atoms with Crippen molar-refractivity contribution >= 4 is 17.7 Å². The van der Waals surface area contributed by atoms with Gasteiger partial charge in [0, 0.05) is 29.9 Å². The maximum Gasteiger partial charge on any atom is 0.414 e. The quantitative estimate of drug-likeness (QED) is 0.687. The number of aryl methyl sites for hydroxylation is 2. The number of nitrogens with one attached hydrogen (secondary N) is 2. The molecule has 0 saturated carbocycles. The predicted molar refractivity (Wildman–Crippen MR) is 108 cm³/mol. The number of H-pyrrole nitrogens is 1. The van der Waals surface area contributed by atoms with Gasteiger partial charge in [-0.15, -0.1) is 0 Å². The molecule has 9 heteroatoms. The number of carbonyl (C=O) groups is 2. The van der Waals surface area contributed by atoms with Crippen LogP contribution in [-0.2, 0) is 22.4 Å². The standard InChI is InChI=1S/C21H21N5O4/c1-12(27)22-10-15-11-26(21(28)29-15)14-5-6-16-13(9-14)3-2-4-17-19(16)20(25-24-17)18-7-8-23-30-18/h5-9,15H,2-4,10-11H2,1H3,(H,22,27)(H,24,25). The Hall–Kier alpha value is -3.62. The molecule has 2 aliphatic rings. The fraction of sp³-hybridized carbons (Fsp3) is 0.333. The van der Waals surface area contributed by atoms with Crippen LogP contribution >= 0.6 is 0 Å². The second-order valence-electron chi connectivity index (χ2n) is 7.55. The number of fused-ring (bicyclic) bond motifs is 3. The third kappa shape index (κ3) is 3.22. The summed E-state index contributed by atoms with van der Waals surface area (Å²) in [5, 5.41) is 14.1. The average Bonchev–Trinajstić information content (AvgIpc) is 3.44. The van der Waals surface area contributed by atoms with E-state index in [0.29, 0.717) is 18.8 Å². The Balaban J connectivity index is 1.47. The number of amides is 2. The molecule has 1 aliphatic carbocycles. The first-order valence-electron chi connectivity index (χ1n) is 9.94. The van der Waals surface area contributed by atoms with E-state index in [9.17, 15) is 9.59 Å². The molecule has 0 radical (unpaired) electrons. The number of nitrogens with zero attached hydrogens (tertiary/aromatic N) is 3. The number of benzene rings is 1. The van der Waals surface area contributed by atoms with Crippen LogP contribution in [0.25, 0.3) is 22.6 Å². The van der Waals surface area contributed by atoms with E-state index in [2.05, 4.69) is 20.7 Å². The summed E-state index contributed by atoms with van der Waals surface area (Å²) in [5.74, 6) is 0.473. The van der Waals surface area contributed by atoms with Crippen molar-refractivity contribution in [2.75, 3.05) is 18.0 Å². The molecule has 1 aromatic carbocycles. The number of hydrogen-bond acceptors (Lipinski definition) is 6. The highest BCUT2D eigenvalue weighted by atomic mass is 16.6. The SMILES string of the molecule is CC(=O)NCC1CN(c2ccc3c(c2)CCCc2[nH]nc(-c4ccno4)c2-3)C(=O)O1. The molecule has 1 atom stereocenters. The number of aromatic amines is 1. The van der Waals surface area contributed by atoms with Gasteiger partial charge in [-0.05, 0) is 42.5 Å². The number of hydrogen-bond donors (Lipinski definition) is 2. The van der Waals surface area contributed by atoms with E-state index < -0.39 is 6.09 Å². The minimum atomic E-state index is -0.398. The van der Waals surface area contributed by atoms with Crippen LogP contribution in [0.2, 0.25) is 0 Å². The zero-order valence-electron chi connectivity index (χ0n) is 16.5. The summed E-state index contributed by atoms with van der Waals surface area (Å²) in [6.07, 6.45) is 3.58. The molecule has 1 aliphatic heterocycles. The number of aromatic nitrogens is 3. The van der Waals surface area contributed by atoms with Gasteiger partial charge >= 0.3 is 6.09 Å². The third-order valence-corrected chi connectivity index (χ3v) is 5.51. The van der Waals surface area contributed by atoms with Gasteiger partial charge in [-0.1, -0.05) is 11.2 Å². The van der Waals surface area contributed by atoms with E-state index in [0.717, 1.165) is 53.0 Å². The van der Waals surface area contributed by atoms with Gasteiger partial charge in [0.2, 0.25) is 5.91 Å². The van der Waals surface area contributed by atoms with Gasteiger partial charge < -0.3 is 14.6 Å². The zero-order valence-corrected chi connectivity index (χ0v) is 16.5. The molecule has 2 amide bonds. The van der Waals surface area contributed by atoms with Crippen LogP contribution in [-0.4, -0.2) is 46.5 Å². The molecule has 2 N–H and O–H groups in total. The first-order valence-corrected chi connectivity index (χ1v) is 9.94. The van der Waals surface area contributed by atoms with Crippen molar-refractivity contribution in [3.8, 4) is 22.6 Å². The first-order chi connectivity index (χ1) is 14.6. The molecular weight excluding hydrogens is 386 g/mol. The van der Waals surface area contributed by atoms with Gasteiger partial charge in [0.05, 0.1) is 19.3 Å². The Labute approximate surface area is 172 Å². The maximum atomic E-state index is 12.4. The number of carbonyl (C=O) groups excluding carboxylic acids is 2. The second-order valence-corrected chi connectivity index (χ2v) is 7.55. The molecule has 5 rings (SSSR count). The summed E-state index contributed by atoms with van der Waals surface area (Å²) in [7, 11) is 0. The topological polar surface area (TPSA) is 113 Å². The van der Waals surface area contributed by atoms with Crippen molar-refractivity contribution in [3.05, 3.63) is 41.7 Å². The van der Waals surface area contributed by atoms with Crippen molar-refractivity contribution < 1.29 is 18.8 Å². The molecule has 1 fully saturated rings. The van der Waals surface area contributed by atoms with Crippen LogP contribution < -0.4 is 10.2 Å². The first kappa shape index (κ1) is 18.4. The van der Waals surface area contributed by atoms with Crippen LogP contribution in [0.5, 0.6) is 0 Å². The number of cyclic esters (lactones) is 1. The van der Waals surface area contributed by atoms with Crippen molar-refractivity contribution in [1.82, 2.24) is 20.7 Å². The van der Waals surface area contributed by atoms with Gasteiger partial charge in [-0.2, -0.15) is 5.10 Å². The second kappa shape index (κ2) is 7.33. The number of rotatable bonds is 4. The van der Waals surface area contributed by atoms with E-state index >= 15 is 0 Å². The van der Waals surface area contributed by atoms with Crippen LogP contribution in [0, 0.1) is 0 Å². The van der Waals surface area contributed by atoms with E-state index in [1.54, 1.807) is 17.2 Å². The molecule has 1 unspecified atom stereocenters. The Morgan fingerprint density at radius 2 is 2.23 bits per heavy atom. The van der Waals surface area contributed by atoms with Gasteiger partial charge in [0.25, 0.3) is 0 Å². The molecule has 0 spiro atoms. The van der Waals surface area contributed by atoms with Crippen molar-refractivity contribution in [1.29, 1.82) is 0 Å². The Kier molecular flexibility index (Phi) is 4.50. The monoisotopic (exact) mass is 407 g/mol. The zero-order chi connectivity index (χ0) is 20.7. The Morgan fingerprint density at radius 1 is 1.33 bits per heavy atom. The van der Waals surface area contributed by atoms with Crippen LogP contribution in [0.15, 0.2) is 35.0 Å². The molecular formula is C21H21N5O4. The van der Waals surface area contributed by atoms with Crippen molar-refractivity contribution in [2.24, 2.45) is 0 Å². The van der Waals surface area contributed by atoms with E-state index in [1.165, 1.54) is 6.92 Å². The van der Waals surface area contributed by atoms with Crippen LogP contribution in [0.3, 0.4) is 0 Å². The third-order valence-electron chi connectivity index (χ3n) is 5.51. The largest absolute Gasteiger partial charge is 0.442 e. The molecule has 2 aromatic heterocycles. The highest BCUT2D eigenvalue weighted by Crippen LogP contribution is 2.40. The molecule has 30 heavy (non-hydrogen) atoms. The molecule has 1 saturated heterocycles. The molecule has 3 aromatic rings. The fourth-order valence-corrected chi connectivity index (χ4v) is 4.12. The van der Waals surface area contributed by atoms with E-state index in [-0.39, 0.29) is 12.0 Å². The Morgan fingerprint density at radius 3 is 3.03 bits per heavy atom. The van der Waals surface area contributed by atoms with Crippen molar-refractivity contribution in [2.45, 2.75) is 32.3 Å². The normalized spacial score (nSPS) is 17.8. The van der Waals surface area contributed by atoms with Crippen molar-refractivity contribution in [3.63, 3.8) is 0 Å². The number of ether oxygens (including phenoxy) is 1. The molecule has 154 valence electrons. The highest BCUT2D eigenvalue weighted by Gasteiger charge is 2.33. The lowest BCUT2D eigenvalue weighted by molar-refractivity contribution is -0.119. The average molecular weight is 407 g/mol. The summed E-state index contributed by atoms with van der Waals surface area (Å²) >= 11 is 0. The molecule has 9 nitrogen and oxygen atoms in total. The fourth-order valence-electron chi connectivity index (χ4n) is 4.12. The lowest BCUT2D eigenvalue weighted by atomic mass is 9.96. The minimum absolute atomic E-state index is 0.145. The summed E-state index contributed by atoms with van der Waals surface area (Å²) in [4.78, 5) is 25.1. The maximum absolute atomic E-state index is 12.4. The lowest BCUT2D eigenvalue weighted by Gasteiger charge is -2.16. The predicted octanol–water partition coefficient (Wildman–Crippen LogP) is 2.68. The van der Waals surface area contributed by atoms with Gasteiger partial charge in [-0.3, -0.25) is 14.8 Å². The minimum Gasteiger partial charge on any atom is -0.442 e. The highest BCUT2D eigenvalue weighted by molar-refractivity contribution is 5.91. The molecule has 0 bridgehead atoms. The van der Waals surface area contributed by atoms with Crippen LogP contribution in [0.1, 0.15) is 24.6 Å².